The number of anilines is 2. The SMILES string of the molecule is CCOC(=O)c1nc(N(C)c2cc(C)c(/N=c3\sc4ccccc4n3COCC[Si](C)(C)C)nn2)sc1C1CN(C(=O)OC(C)(C)C)C1. The standard InChI is InChI=1S/C33H45N7O5S2Si/c1-10-44-29(41)26-27(22-18-39(19-22)32(42)45-33(3,4)5)47-30(34-26)38(6)25-17-21(2)28(37-36-25)35-31-40(20-43-15-16-48(7,8)9)23-13-11-12-14-24(23)46-31/h11-14,17,22H,10,15-16,18-20H2,1-9H3/b35-31-. The second kappa shape index (κ2) is 14.4. The molecule has 5 rings (SSSR count). The fraction of sp³-hybridized carbons (Fsp3) is 0.515. The predicted molar refractivity (Wildman–Crippen MR) is 193 cm³/mol. The van der Waals surface area contributed by atoms with Gasteiger partial charge in [0.2, 0.25) is 0 Å². The van der Waals surface area contributed by atoms with Crippen LogP contribution in [0.1, 0.15) is 54.5 Å². The highest BCUT2D eigenvalue weighted by molar-refractivity contribution is 7.16. The molecule has 4 heterocycles. The number of likely N-dealkylation sites (tertiary alicyclic amines) is 1. The van der Waals surface area contributed by atoms with E-state index in [4.69, 9.17) is 19.2 Å². The van der Waals surface area contributed by atoms with Crippen LogP contribution in [0, 0.1) is 6.92 Å². The number of rotatable bonds is 11. The van der Waals surface area contributed by atoms with E-state index in [1.165, 1.54) is 11.3 Å². The number of carbonyl (C=O) groups excluding carboxylic acids is 2. The molecular weight excluding hydrogens is 667 g/mol. The van der Waals surface area contributed by atoms with E-state index in [0.717, 1.165) is 31.5 Å². The molecular formula is C33H45N7O5S2Si. The highest BCUT2D eigenvalue weighted by Crippen LogP contribution is 2.39. The fourth-order valence-electron chi connectivity index (χ4n) is 4.90. The number of hydrogen-bond acceptors (Lipinski definition) is 12. The van der Waals surface area contributed by atoms with Gasteiger partial charge in [0, 0.05) is 45.6 Å². The van der Waals surface area contributed by atoms with Crippen molar-refractivity contribution < 1.29 is 23.8 Å². The molecule has 0 aliphatic carbocycles. The van der Waals surface area contributed by atoms with Gasteiger partial charge in [-0.3, -0.25) is 4.57 Å². The lowest BCUT2D eigenvalue weighted by Gasteiger charge is -2.39. The first kappa shape index (κ1) is 35.6. The molecule has 1 fully saturated rings. The highest BCUT2D eigenvalue weighted by Gasteiger charge is 2.39. The third kappa shape index (κ3) is 8.48. The van der Waals surface area contributed by atoms with E-state index in [1.807, 2.05) is 52.9 Å². The number of hydrogen-bond donors (Lipinski definition) is 0. The quantitative estimate of drug-likeness (QED) is 0.0912. The molecule has 3 aromatic heterocycles. The molecule has 1 saturated heterocycles. The summed E-state index contributed by atoms with van der Waals surface area (Å²) in [5.41, 5.74) is 1.58. The van der Waals surface area contributed by atoms with Gasteiger partial charge in [0.15, 0.2) is 27.3 Å². The second-order valence-electron chi connectivity index (χ2n) is 14.0. The molecule has 1 amide bonds. The van der Waals surface area contributed by atoms with E-state index in [2.05, 4.69) is 51.5 Å². The van der Waals surface area contributed by atoms with Gasteiger partial charge in [0.25, 0.3) is 0 Å². The van der Waals surface area contributed by atoms with Crippen LogP contribution in [0.5, 0.6) is 0 Å². The molecule has 1 aromatic carbocycles. The molecule has 0 bridgehead atoms. The molecule has 48 heavy (non-hydrogen) atoms. The van der Waals surface area contributed by atoms with Gasteiger partial charge in [0.1, 0.15) is 12.3 Å². The van der Waals surface area contributed by atoms with Gasteiger partial charge in [-0.2, -0.15) is 4.99 Å². The maximum atomic E-state index is 12.9. The van der Waals surface area contributed by atoms with Crippen LogP contribution < -0.4 is 9.70 Å². The average Bonchev–Trinajstić information content (AvgIpc) is 3.56. The third-order valence-corrected chi connectivity index (χ3v) is 11.7. The second-order valence-corrected chi connectivity index (χ2v) is 21.7. The van der Waals surface area contributed by atoms with E-state index < -0.39 is 19.6 Å². The van der Waals surface area contributed by atoms with Crippen molar-refractivity contribution in [3.05, 3.63) is 51.3 Å². The van der Waals surface area contributed by atoms with Crippen LogP contribution in [-0.2, 0) is 20.9 Å². The summed E-state index contributed by atoms with van der Waals surface area (Å²) in [6, 6.07) is 11.2. The molecule has 0 unspecified atom stereocenters. The molecule has 1 aliphatic heterocycles. The number of aromatic nitrogens is 4. The molecule has 258 valence electrons. The van der Waals surface area contributed by atoms with Gasteiger partial charge in [-0.15, -0.1) is 21.5 Å². The lowest BCUT2D eigenvalue weighted by atomic mass is 9.97. The fourth-order valence-corrected chi connectivity index (χ4v) is 7.78. The van der Waals surface area contributed by atoms with Crippen molar-refractivity contribution in [2.24, 2.45) is 4.99 Å². The summed E-state index contributed by atoms with van der Waals surface area (Å²) < 4.78 is 20.1. The van der Waals surface area contributed by atoms with Crippen LogP contribution in [0.2, 0.25) is 25.7 Å². The van der Waals surface area contributed by atoms with Gasteiger partial charge in [0.05, 0.1) is 16.8 Å². The Morgan fingerprint density at radius 3 is 2.52 bits per heavy atom. The lowest BCUT2D eigenvalue weighted by molar-refractivity contribution is 0.00836. The monoisotopic (exact) mass is 711 g/mol. The van der Waals surface area contributed by atoms with Gasteiger partial charge >= 0.3 is 12.1 Å². The first-order chi connectivity index (χ1) is 22.6. The van der Waals surface area contributed by atoms with E-state index >= 15 is 0 Å². The van der Waals surface area contributed by atoms with E-state index in [-0.39, 0.29) is 24.3 Å². The first-order valence-electron chi connectivity index (χ1n) is 16.1. The number of aryl methyl sites for hydroxylation is 1. The Hall–Kier alpha value is -3.66. The van der Waals surface area contributed by atoms with Crippen molar-refractivity contribution in [3.63, 3.8) is 0 Å². The minimum atomic E-state index is -1.21. The van der Waals surface area contributed by atoms with Gasteiger partial charge in [-0.25, -0.2) is 14.6 Å². The molecule has 0 atom stereocenters. The van der Waals surface area contributed by atoms with Crippen LogP contribution in [0.3, 0.4) is 0 Å². The maximum Gasteiger partial charge on any atom is 0.410 e. The Kier molecular flexibility index (Phi) is 10.7. The van der Waals surface area contributed by atoms with E-state index in [9.17, 15) is 9.59 Å². The molecule has 0 radical (unpaired) electrons. The van der Waals surface area contributed by atoms with Crippen molar-refractivity contribution in [2.45, 2.75) is 78.6 Å². The summed E-state index contributed by atoms with van der Waals surface area (Å²) >= 11 is 2.97. The highest BCUT2D eigenvalue weighted by atomic mass is 32.1. The summed E-state index contributed by atoms with van der Waals surface area (Å²) in [5.74, 6) is 0.526. The molecule has 15 heteroatoms. The molecule has 1 aliphatic rings. The number of fused-ring (bicyclic) bond motifs is 1. The Bertz CT molecular complexity index is 1850. The van der Waals surface area contributed by atoms with Crippen LogP contribution >= 0.6 is 22.7 Å². The van der Waals surface area contributed by atoms with Crippen molar-refractivity contribution in [1.82, 2.24) is 24.6 Å². The van der Waals surface area contributed by atoms with E-state index in [1.54, 1.807) is 28.1 Å². The Morgan fingerprint density at radius 2 is 1.85 bits per heavy atom. The summed E-state index contributed by atoms with van der Waals surface area (Å²) in [7, 11) is 0.629. The Balaban J connectivity index is 1.38. The first-order valence-corrected chi connectivity index (χ1v) is 21.4. The zero-order chi connectivity index (χ0) is 34.8. The summed E-state index contributed by atoms with van der Waals surface area (Å²) in [6.45, 7) is 18.5. The number of thiazole rings is 2. The summed E-state index contributed by atoms with van der Waals surface area (Å²) in [5, 5.41) is 9.57. The Morgan fingerprint density at radius 1 is 1.12 bits per heavy atom. The molecule has 12 nitrogen and oxygen atoms in total. The predicted octanol–water partition coefficient (Wildman–Crippen LogP) is 7.08. The molecule has 0 spiro atoms. The zero-order valence-electron chi connectivity index (χ0n) is 29.2. The largest absolute Gasteiger partial charge is 0.461 e. The van der Waals surface area contributed by atoms with Crippen LogP contribution in [0.15, 0.2) is 35.3 Å². The van der Waals surface area contributed by atoms with Crippen molar-refractivity contribution in [1.29, 1.82) is 0 Å². The van der Waals surface area contributed by atoms with Crippen LogP contribution in [0.25, 0.3) is 10.2 Å². The van der Waals surface area contributed by atoms with Crippen molar-refractivity contribution >= 4 is 69.8 Å². The normalized spacial score (nSPS) is 14.4. The average molecular weight is 712 g/mol. The van der Waals surface area contributed by atoms with Gasteiger partial charge in [-0.1, -0.05) is 43.1 Å². The summed E-state index contributed by atoms with van der Waals surface area (Å²) in [6.07, 6.45) is -0.370. The zero-order valence-corrected chi connectivity index (χ0v) is 31.8. The third-order valence-electron chi connectivity index (χ3n) is 7.60. The molecule has 0 saturated carbocycles. The Labute approximate surface area is 290 Å². The topological polar surface area (TPSA) is 124 Å². The summed E-state index contributed by atoms with van der Waals surface area (Å²) in [4.78, 5) is 40.0. The van der Waals surface area contributed by atoms with E-state index in [0.29, 0.717) is 43.2 Å². The number of amides is 1. The number of ether oxygens (including phenoxy) is 3. The van der Waals surface area contributed by atoms with Crippen LogP contribution in [-0.4, -0.2) is 83.7 Å². The minimum Gasteiger partial charge on any atom is -0.461 e. The number of benzene rings is 1. The number of carbonyl (C=O) groups is 2. The van der Waals surface area contributed by atoms with Crippen molar-refractivity contribution in [2.75, 3.05) is 38.3 Å². The smallest absolute Gasteiger partial charge is 0.410 e. The molecule has 4 aromatic rings. The maximum absolute atomic E-state index is 12.9. The lowest BCUT2D eigenvalue weighted by Crippen LogP contribution is -2.50. The number of nitrogens with zero attached hydrogens (tertiary/aromatic N) is 7. The number of esters is 1. The van der Waals surface area contributed by atoms with Crippen LogP contribution in [0.4, 0.5) is 21.6 Å². The molecule has 0 N–H and O–H groups in total. The van der Waals surface area contributed by atoms with Gasteiger partial charge < -0.3 is 24.0 Å². The van der Waals surface area contributed by atoms with Gasteiger partial charge in [-0.05, 0) is 64.4 Å². The number of para-hydroxylation sites is 1. The van der Waals surface area contributed by atoms with Crippen molar-refractivity contribution in [3.8, 4) is 0 Å². The minimum absolute atomic E-state index is 0.0573.